The van der Waals surface area contributed by atoms with Crippen molar-refractivity contribution in [2.75, 3.05) is 12.3 Å². The second-order valence-electron chi connectivity index (χ2n) is 3.89. The lowest BCUT2D eigenvalue weighted by atomic mass is 9.75. The van der Waals surface area contributed by atoms with Gasteiger partial charge in [0, 0.05) is 17.9 Å². The number of allylic oxidation sites excluding steroid dienone is 3. The van der Waals surface area contributed by atoms with E-state index in [0.29, 0.717) is 6.54 Å². The summed E-state index contributed by atoms with van der Waals surface area (Å²) in [7, 11) is -3.45. The molecule has 0 amide bonds. The summed E-state index contributed by atoms with van der Waals surface area (Å²) in [4.78, 5) is 0. The highest BCUT2D eigenvalue weighted by molar-refractivity contribution is 7.89. The van der Waals surface area contributed by atoms with Crippen LogP contribution in [-0.2, 0) is 10.0 Å². The first-order valence-corrected chi connectivity index (χ1v) is 6.15. The Kier molecular flexibility index (Phi) is 4.99. The summed E-state index contributed by atoms with van der Waals surface area (Å²) >= 11 is 0. The van der Waals surface area contributed by atoms with Crippen molar-refractivity contribution in [3.05, 3.63) is 24.3 Å². The van der Waals surface area contributed by atoms with Gasteiger partial charge in [-0.25, -0.2) is 13.6 Å². The molecule has 88 valence electrons. The van der Waals surface area contributed by atoms with Crippen molar-refractivity contribution < 1.29 is 8.42 Å². The molecule has 0 aromatic heterocycles. The summed E-state index contributed by atoms with van der Waals surface area (Å²) in [5.41, 5.74) is 5.32. The minimum absolute atomic E-state index is 0. The van der Waals surface area contributed by atoms with E-state index in [1.165, 1.54) is 0 Å². The zero-order valence-electron chi connectivity index (χ0n) is 8.59. The second kappa shape index (κ2) is 5.12. The predicted molar refractivity (Wildman–Crippen MR) is 64.2 cm³/mol. The van der Waals surface area contributed by atoms with E-state index in [1.807, 2.05) is 31.2 Å². The minimum atomic E-state index is -3.45. The van der Waals surface area contributed by atoms with Gasteiger partial charge in [-0.1, -0.05) is 31.2 Å². The Balaban J connectivity index is 0.00000196. The van der Waals surface area contributed by atoms with Gasteiger partial charge in [0.1, 0.15) is 0 Å². The van der Waals surface area contributed by atoms with E-state index in [4.69, 9.17) is 10.9 Å². The number of hydrogen-bond donors (Lipinski definition) is 2. The molecule has 0 radical (unpaired) electrons. The van der Waals surface area contributed by atoms with Crippen molar-refractivity contribution in [1.29, 1.82) is 0 Å². The van der Waals surface area contributed by atoms with Crippen LogP contribution in [0.5, 0.6) is 0 Å². The highest BCUT2D eigenvalue weighted by Gasteiger charge is 2.32. The molecule has 2 atom stereocenters. The number of nitrogens with two attached hydrogens (primary N) is 2. The lowest BCUT2D eigenvalue weighted by molar-refractivity contribution is 0.337. The summed E-state index contributed by atoms with van der Waals surface area (Å²) in [6.07, 6.45) is 7.49. The maximum absolute atomic E-state index is 11.0. The lowest BCUT2D eigenvalue weighted by Crippen LogP contribution is -2.38. The van der Waals surface area contributed by atoms with Crippen molar-refractivity contribution >= 4 is 22.4 Å². The molecule has 0 heterocycles. The predicted octanol–water partition coefficient (Wildman–Crippen LogP) is 0.404. The largest absolute Gasteiger partial charge is 0.330 e. The highest BCUT2D eigenvalue weighted by Crippen LogP contribution is 2.32. The van der Waals surface area contributed by atoms with Gasteiger partial charge in [-0.15, -0.1) is 12.4 Å². The van der Waals surface area contributed by atoms with Gasteiger partial charge in [0.15, 0.2) is 0 Å². The van der Waals surface area contributed by atoms with Crippen LogP contribution in [0.25, 0.3) is 0 Å². The molecule has 0 aromatic rings. The summed E-state index contributed by atoms with van der Waals surface area (Å²) < 4.78 is 22.0. The molecule has 0 aromatic carbocycles. The molecule has 0 aliphatic heterocycles. The monoisotopic (exact) mass is 252 g/mol. The minimum Gasteiger partial charge on any atom is -0.330 e. The van der Waals surface area contributed by atoms with Crippen molar-refractivity contribution in [2.45, 2.75) is 6.92 Å². The highest BCUT2D eigenvalue weighted by atomic mass is 35.5. The molecule has 4 nitrogen and oxygen atoms in total. The molecular weight excluding hydrogens is 236 g/mol. The van der Waals surface area contributed by atoms with Gasteiger partial charge in [-0.2, -0.15) is 0 Å². The Bertz CT molecular complexity index is 364. The lowest BCUT2D eigenvalue weighted by Gasteiger charge is -2.33. The Morgan fingerprint density at radius 3 is 2.47 bits per heavy atom. The van der Waals surface area contributed by atoms with E-state index >= 15 is 0 Å². The van der Waals surface area contributed by atoms with Gasteiger partial charge in [0.05, 0.1) is 5.75 Å². The molecule has 1 aliphatic rings. The Labute approximate surface area is 96.9 Å². The van der Waals surface area contributed by atoms with Gasteiger partial charge in [0.25, 0.3) is 0 Å². The summed E-state index contributed by atoms with van der Waals surface area (Å²) in [5, 5.41) is 5.02. The summed E-state index contributed by atoms with van der Waals surface area (Å²) in [5.74, 6) is -0.186. The molecule has 0 spiro atoms. The topological polar surface area (TPSA) is 86.2 Å². The van der Waals surface area contributed by atoms with Crippen LogP contribution in [0.2, 0.25) is 0 Å². The molecule has 0 saturated heterocycles. The smallest absolute Gasteiger partial charge is 0.209 e. The third-order valence-corrected chi connectivity index (χ3v) is 3.45. The number of primary sulfonamides is 1. The molecule has 6 heteroatoms. The summed E-state index contributed by atoms with van der Waals surface area (Å²) in [6.45, 7) is 2.34. The van der Waals surface area contributed by atoms with E-state index in [9.17, 15) is 8.42 Å². The van der Waals surface area contributed by atoms with Crippen LogP contribution in [-0.4, -0.2) is 20.7 Å². The molecule has 0 bridgehead atoms. The maximum Gasteiger partial charge on any atom is 0.209 e. The molecule has 4 N–H and O–H groups in total. The SMILES string of the molecule is CC1(CN)C=CC=CC1CS(N)(=O)=O.Cl. The van der Waals surface area contributed by atoms with Crippen LogP contribution < -0.4 is 10.9 Å². The van der Waals surface area contributed by atoms with Crippen LogP contribution >= 0.6 is 12.4 Å². The first-order chi connectivity index (χ1) is 6.37. The van der Waals surface area contributed by atoms with Crippen LogP contribution in [0.1, 0.15) is 6.92 Å². The Morgan fingerprint density at radius 1 is 1.40 bits per heavy atom. The fraction of sp³-hybridized carbons (Fsp3) is 0.556. The molecule has 1 aliphatic carbocycles. The zero-order chi connectivity index (χ0) is 10.8. The van der Waals surface area contributed by atoms with Crippen molar-refractivity contribution in [2.24, 2.45) is 22.2 Å². The average molecular weight is 253 g/mol. The first kappa shape index (κ1) is 14.6. The molecule has 2 unspecified atom stereocenters. The van der Waals surface area contributed by atoms with Gasteiger partial charge >= 0.3 is 0 Å². The van der Waals surface area contributed by atoms with Crippen LogP contribution in [0.3, 0.4) is 0 Å². The van der Waals surface area contributed by atoms with E-state index < -0.39 is 10.0 Å². The zero-order valence-corrected chi connectivity index (χ0v) is 10.2. The maximum atomic E-state index is 11.0. The van der Waals surface area contributed by atoms with Crippen molar-refractivity contribution in [1.82, 2.24) is 0 Å². The molecule has 1 rings (SSSR count). The van der Waals surface area contributed by atoms with Crippen molar-refractivity contribution in [3.63, 3.8) is 0 Å². The standard InChI is InChI=1S/C9H16N2O2S.ClH/c1-9(7-10)5-3-2-4-8(9)6-14(11,12)13;/h2-5,8H,6-7,10H2,1H3,(H2,11,12,13);1H. The summed E-state index contributed by atoms with van der Waals surface area (Å²) in [6, 6.07) is 0. The quantitative estimate of drug-likeness (QED) is 0.763. The van der Waals surface area contributed by atoms with E-state index in [2.05, 4.69) is 0 Å². The second-order valence-corrected chi connectivity index (χ2v) is 5.55. The Hall–Kier alpha value is -0.360. The molecule has 0 saturated carbocycles. The van der Waals surface area contributed by atoms with Gasteiger partial charge < -0.3 is 5.73 Å². The molecular formula is C9H17ClN2O2S. The first-order valence-electron chi connectivity index (χ1n) is 4.44. The fourth-order valence-electron chi connectivity index (χ4n) is 1.53. The van der Waals surface area contributed by atoms with E-state index in [-0.39, 0.29) is 29.5 Å². The van der Waals surface area contributed by atoms with Crippen LogP contribution in [0, 0.1) is 11.3 Å². The fourth-order valence-corrected chi connectivity index (χ4v) is 2.53. The van der Waals surface area contributed by atoms with Gasteiger partial charge in [0.2, 0.25) is 10.0 Å². The van der Waals surface area contributed by atoms with Gasteiger partial charge in [-0.05, 0) is 0 Å². The van der Waals surface area contributed by atoms with Crippen molar-refractivity contribution in [3.8, 4) is 0 Å². The average Bonchev–Trinajstić information content (AvgIpc) is 2.07. The third kappa shape index (κ3) is 3.95. The normalized spacial score (nSPS) is 29.9. The third-order valence-electron chi connectivity index (χ3n) is 2.63. The van der Waals surface area contributed by atoms with E-state index in [0.717, 1.165) is 0 Å². The van der Waals surface area contributed by atoms with E-state index in [1.54, 1.807) is 0 Å². The number of sulfonamides is 1. The van der Waals surface area contributed by atoms with Crippen LogP contribution in [0.4, 0.5) is 0 Å². The van der Waals surface area contributed by atoms with Gasteiger partial charge in [-0.3, -0.25) is 0 Å². The molecule has 0 fully saturated rings. The number of hydrogen-bond acceptors (Lipinski definition) is 3. The number of halogens is 1. The van der Waals surface area contributed by atoms with Crippen LogP contribution in [0.15, 0.2) is 24.3 Å². The number of rotatable bonds is 3. The Morgan fingerprint density at radius 2 is 2.00 bits per heavy atom. The molecule has 15 heavy (non-hydrogen) atoms.